The fraction of sp³-hybridized carbons (Fsp3) is 0.211. The molecule has 1 saturated heterocycles. The summed E-state index contributed by atoms with van der Waals surface area (Å²) in [6.45, 7) is 4.19. The van der Waals surface area contributed by atoms with Crippen molar-refractivity contribution in [3.63, 3.8) is 0 Å². The third kappa shape index (κ3) is 3.96. The molecular weight excluding hydrogens is 304 g/mol. The number of benzene rings is 2. The minimum atomic E-state index is -0.133. The molecule has 0 radical (unpaired) electrons. The minimum Gasteiger partial charge on any atom is -0.357 e. The Morgan fingerprint density at radius 3 is 2.70 bits per heavy atom. The summed E-state index contributed by atoms with van der Waals surface area (Å²) in [6, 6.07) is 16.4. The number of anilines is 1. The lowest BCUT2D eigenvalue weighted by molar-refractivity contribution is -0.116. The van der Waals surface area contributed by atoms with E-state index >= 15 is 0 Å². The second-order valence-electron chi connectivity index (χ2n) is 5.59. The van der Waals surface area contributed by atoms with Crippen LogP contribution in [-0.4, -0.2) is 11.4 Å². The Kier molecular flexibility index (Phi) is 4.72. The van der Waals surface area contributed by atoms with Gasteiger partial charge in [0.2, 0.25) is 0 Å². The van der Waals surface area contributed by atoms with E-state index in [0.717, 1.165) is 22.6 Å². The molecule has 0 aromatic heterocycles. The van der Waals surface area contributed by atoms with Crippen LogP contribution in [0.3, 0.4) is 0 Å². The van der Waals surface area contributed by atoms with Crippen molar-refractivity contribution in [3.8, 4) is 0 Å². The van der Waals surface area contributed by atoms with Crippen LogP contribution in [0.4, 0.5) is 5.69 Å². The monoisotopic (exact) mass is 324 g/mol. The zero-order valence-electron chi connectivity index (χ0n) is 13.3. The zero-order chi connectivity index (χ0) is 16.2. The highest BCUT2D eigenvalue weighted by Crippen LogP contribution is 2.30. The number of aryl methyl sites for hydroxylation is 2. The van der Waals surface area contributed by atoms with Gasteiger partial charge >= 0.3 is 0 Å². The fourth-order valence-corrected chi connectivity index (χ4v) is 3.45. The van der Waals surface area contributed by atoms with Gasteiger partial charge in [0.05, 0.1) is 4.91 Å². The molecule has 4 heteroatoms. The van der Waals surface area contributed by atoms with Crippen molar-refractivity contribution in [2.24, 2.45) is 0 Å². The molecule has 2 aromatic carbocycles. The summed E-state index contributed by atoms with van der Waals surface area (Å²) in [5.41, 5.74) is 4.42. The molecule has 0 spiro atoms. The molecule has 1 amide bonds. The normalized spacial score (nSPS) is 19.0. The van der Waals surface area contributed by atoms with E-state index in [9.17, 15) is 4.79 Å². The first-order valence-electron chi connectivity index (χ1n) is 7.75. The Morgan fingerprint density at radius 2 is 2.00 bits per heavy atom. The van der Waals surface area contributed by atoms with Crippen LogP contribution in [0.15, 0.2) is 53.4 Å². The number of nitrogens with one attached hydrogen (secondary N) is 2. The predicted octanol–water partition coefficient (Wildman–Crippen LogP) is 4.16. The first-order chi connectivity index (χ1) is 11.1. The molecule has 1 aliphatic rings. The molecule has 3 rings (SSSR count). The minimum absolute atomic E-state index is 0.0285. The predicted molar refractivity (Wildman–Crippen MR) is 98.1 cm³/mol. The number of thioether (sulfide) groups is 1. The van der Waals surface area contributed by atoms with Gasteiger partial charge in [0.15, 0.2) is 5.50 Å². The van der Waals surface area contributed by atoms with Crippen LogP contribution in [0.5, 0.6) is 0 Å². The van der Waals surface area contributed by atoms with Gasteiger partial charge in [-0.2, -0.15) is 0 Å². The van der Waals surface area contributed by atoms with Crippen molar-refractivity contribution in [1.82, 2.24) is 5.32 Å². The largest absolute Gasteiger partial charge is 0.357 e. The van der Waals surface area contributed by atoms with E-state index < -0.39 is 0 Å². The second-order valence-corrected chi connectivity index (χ2v) is 6.74. The molecule has 0 bridgehead atoms. The van der Waals surface area contributed by atoms with Gasteiger partial charge in [-0.3, -0.25) is 4.79 Å². The van der Waals surface area contributed by atoms with Gasteiger partial charge in [0, 0.05) is 5.69 Å². The Morgan fingerprint density at radius 1 is 1.22 bits per heavy atom. The van der Waals surface area contributed by atoms with Crippen LogP contribution in [0.2, 0.25) is 0 Å². The number of rotatable bonds is 4. The highest BCUT2D eigenvalue weighted by atomic mass is 32.2. The van der Waals surface area contributed by atoms with Crippen LogP contribution in [0, 0.1) is 6.92 Å². The van der Waals surface area contributed by atoms with E-state index in [4.69, 9.17) is 0 Å². The number of carbonyl (C=O) groups excluding carboxylic acids is 1. The van der Waals surface area contributed by atoms with Crippen molar-refractivity contribution in [2.75, 3.05) is 5.32 Å². The van der Waals surface area contributed by atoms with Crippen molar-refractivity contribution in [1.29, 1.82) is 0 Å². The van der Waals surface area contributed by atoms with Crippen molar-refractivity contribution in [2.45, 2.75) is 25.8 Å². The maximum atomic E-state index is 12.1. The van der Waals surface area contributed by atoms with Gasteiger partial charge in [-0.05, 0) is 42.7 Å². The first-order valence-corrected chi connectivity index (χ1v) is 8.63. The molecule has 0 unspecified atom stereocenters. The smallest absolute Gasteiger partial charge is 0.260 e. The Bertz CT molecular complexity index is 737. The van der Waals surface area contributed by atoms with E-state index in [1.54, 1.807) is 0 Å². The summed E-state index contributed by atoms with van der Waals surface area (Å²) < 4.78 is 0. The lowest BCUT2D eigenvalue weighted by Crippen LogP contribution is -2.30. The van der Waals surface area contributed by atoms with Crippen LogP contribution >= 0.6 is 11.8 Å². The highest BCUT2D eigenvalue weighted by molar-refractivity contribution is 8.05. The standard InChI is InChI=1S/C19H20N2OS/c1-3-14-7-9-16(10-8-14)20-19-21-18(22)17(23-19)12-15-6-4-5-13(2)11-15/h4-12,19-20H,3H2,1-2H3,(H,21,22)/b17-12-/t19-/m1/s1. The average Bonchev–Trinajstić information content (AvgIpc) is 2.87. The lowest BCUT2D eigenvalue weighted by Gasteiger charge is -2.12. The molecule has 1 aliphatic heterocycles. The lowest BCUT2D eigenvalue weighted by atomic mass is 10.1. The molecule has 0 saturated carbocycles. The maximum absolute atomic E-state index is 12.1. The van der Waals surface area contributed by atoms with E-state index in [0.29, 0.717) is 0 Å². The van der Waals surface area contributed by atoms with Crippen molar-refractivity contribution >= 4 is 29.4 Å². The van der Waals surface area contributed by atoms with Crippen LogP contribution < -0.4 is 10.6 Å². The third-order valence-electron chi connectivity index (χ3n) is 3.73. The van der Waals surface area contributed by atoms with E-state index in [2.05, 4.69) is 35.8 Å². The SMILES string of the molecule is CCc1ccc(N[C@@H]2NC(=O)/C(=C/c3cccc(C)c3)S2)cc1. The van der Waals surface area contributed by atoms with Gasteiger partial charge < -0.3 is 10.6 Å². The first kappa shape index (κ1) is 15.7. The molecular formula is C19H20N2OS. The summed E-state index contributed by atoms with van der Waals surface area (Å²) in [6.07, 6.45) is 2.97. The van der Waals surface area contributed by atoms with Gasteiger partial charge in [0.1, 0.15) is 0 Å². The van der Waals surface area contributed by atoms with Crippen molar-refractivity contribution < 1.29 is 4.79 Å². The third-order valence-corrected chi connectivity index (χ3v) is 4.76. The molecule has 2 N–H and O–H groups in total. The van der Waals surface area contributed by atoms with Gasteiger partial charge in [-0.15, -0.1) is 0 Å². The number of carbonyl (C=O) groups is 1. The quantitative estimate of drug-likeness (QED) is 0.830. The molecule has 118 valence electrons. The molecule has 3 nitrogen and oxygen atoms in total. The average molecular weight is 324 g/mol. The fourth-order valence-electron chi connectivity index (χ4n) is 2.46. The zero-order valence-corrected chi connectivity index (χ0v) is 14.1. The topological polar surface area (TPSA) is 41.1 Å². The maximum Gasteiger partial charge on any atom is 0.260 e. The van der Waals surface area contributed by atoms with Crippen LogP contribution in [0.25, 0.3) is 6.08 Å². The van der Waals surface area contributed by atoms with E-state index in [1.807, 2.05) is 43.3 Å². The highest BCUT2D eigenvalue weighted by Gasteiger charge is 2.26. The summed E-state index contributed by atoms with van der Waals surface area (Å²) in [5, 5.41) is 6.30. The Labute approximate surface area is 141 Å². The summed E-state index contributed by atoms with van der Waals surface area (Å²) in [4.78, 5) is 12.9. The molecule has 2 aromatic rings. The molecule has 1 fully saturated rings. The molecule has 1 heterocycles. The summed E-state index contributed by atoms with van der Waals surface area (Å²) in [7, 11) is 0. The van der Waals surface area contributed by atoms with Crippen molar-refractivity contribution in [3.05, 3.63) is 70.1 Å². The van der Waals surface area contributed by atoms with Gasteiger partial charge in [-0.1, -0.05) is 60.6 Å². The molecule has 23 heavy (non-hydrogen) atoms. The molecule has 0 aliphatic carbocycles. The Balaban J connectivity index is 1.69. The van der Waals surface area contributed by atoms with Crippen LogP contribution in [0.1, 0.15) is 23.6 Å². The summed E-state index contributed by atoms with van der Waals surface area (Å²) >= 11 is 1.51. The number of amides is 1. The van der Waals surface area contributed by atoms with Gasteiger partial charge in [-0.25, -0.2) is 0 Å². The Hall–Kier alpha value is -2.20. The number of hydrogen-bond donors (Lipinski definition) is 2. The summed E-state index contributed by atoms with van der Waals surface area (Å²) in [5.74, 6) is -0.0285. The van der Waals surface area contributed by atoms with E-state index in [1.165, 1.54) is 22.9 Å². The van der Waals surface area contributed by atoms with Crippen LogP contribution in [-0.2, 0) is 11.2 Å². The van der Waals surface area contributed by atoms with Gasteiger partial charge in [0.25, 0.3) is 5.91 Å². The number of hydrogen-bond acceptors (Lipinski definition) is 3. The molecule has 1 atom stereocenters. The van der Waals surface area contributed by atoms with E-state index in [-0.39, 0.29) is 11.4 Å². The second kappa shape index (κ2) is 6.92.